The first-order valence-electron chi connectivity index (χ1n) is 6.76. The van der Waals surface area contributed by atoms with Crippen molar-refractivity contribution in [3.05, 3.63) is 27.3 Å². The van der Waals surface area contributed by atoms with E-state index in [1.807, 2.05) is 29.5 Å². The Hall–Kier alpha value is -0.670. The van der Waals surface area contributed by atoms with Crippen molar-refractivity contribution in [1.82, 2.24) is 4.31 Å². The Morgan fingerprint density at radius 3 is 2.57 bits per heavy atom. The molecule has 0 radical (unpaired) electrons. The molecule has 2 rings (SSSR count). The summed E-state index contributed by atoms with van der Waals surface area (Å²) in [5.41, 5.74) is 0.0232. The number of piperidine rings is 1. The second-order valence-corrected chi connectivity index (χ2v) is 8.65. The molecule has 116 valence electrons. The first-order valence-corrected chi connectivity index (χ1v) is 9.28. The summed E-state index contributed by atoms with van der Waals surface area (Å²) in [6.07, 6.45) is 0.830. The highest BCUT2D eigenvalue weighted by Crippen LogP contribution is 2.28. The Morgan fingerprint density at radius 1 is 1.33 bits per heavy atom. The Morgan fingerprint density at radius 2 is 2.00 bits per heavy atom. The van der Waals surface area contributed by atoms with Gasteiger partial charge in [0.05, 0.1) is 10.5 Å². The number of sulfonamides is 1. The van der Waals surface area contributed by atoms with Crippen molar-refractivity contribution in [2.24, 2.45) is 11.8 Å². The summed E-state index contributed by atoms with van der Waals surface area (Å²) < 4.78 is 27.3. The van der Waals surface area contributed by atoms with Crippen LogP contribution in [-0.4, -0.2) is 36.9 Å². The van der Waals surface area contributed by atoms with Gasteiger partial charge in [-0.25, -0.2) is 13.2 Å². The van der Waals surface area contributed by atoms with Crippen LogP contribution < -0.4 is 0 Å². The molecule has 21 heavy (non-hydrogen) atoms. The van der Waals surface area contributed by atoms with Crippen LogP contribution in [0.15, 0.2) is 23.1 Å². The fourth-order valence-electron chi connectivity index (χ4n) is 2.42. The minimum atomic E-state index is -3.62. The number of carboxylic acid groups (broad SMARTS) is 1. The standard InChI is InChI=1S/C14H18INO4S/c1-9-5-6-16(8-10(9)2)21(19,20)11-3-4-13(15)12(7-11)14(17)18/h3-4,7,9-10H,5-6,8H2,1-2H3,(H,17,18). The van der Waals surface area contributed by atoms with Crippen molar-refractivity contribution in [3.63, 3.8) is 0 Å². The van der Waals surface area contributed by atoms with E-state index in [-0.39, 0.29) is 10.5 Å². The van der Waals surface area contributed by atoms with Gasteiger partial charge in [0.25, 0.3) is 0 Å². The van der Waals surface area contributed by atoms with Crippen molar-refractivity contribution in [1.29, 1.82) is 0 Å². The number of halogens is 1. The zero-order valence-corrected chi connectivity index (χ0v) is 14.9. The van der Waals surface area contributed by atoms with Crippen LogP contribution in [0.1, 0.15) is 30.6 Å². The molecule has 0 spiro atoms. The molecule has 1 saturated heterocycles. The number of rotatable bonds is 3. The maximum atomic E-state index is 12.7. The minimum absolute atomic E-state index is 0.0232. The SMILES string of the molecule is CC1CCN(S(=O)(=O)c2ccc(I)c(C(=O)O)c2)CC1C. The molecule has 1 aromatic rings. The minimum Gasteiger partial charge on any atom is -0.478 e. The van der Waals surface area contributed by atoms with Crippen LogP contribution in [0.4, 0.5) is 0 Å². The topological polar surface area (TPSA) is 74.7 Å². The molecule has 0 aromatic heterocycles. The summed E-state index contributed by atoms with van der Waals surface area (Å²) in [7, 11) is -3.62. The summed E-state index contributed by atoms with van der Waals surface area (Å²) in [4.78, 5) is 11.2. The predicted octanol–water partition coefficient (Wildman–Crippen LogP) is 2.66. The lowest BCUT2D eigenvalue weighted by Crippen LogP contribution is -2.42. The Labute approximate surface area is 138 Å². The molecule has 5 nitrogen and oxygen atoms in total. The van der Waals surface area contributed by atoms with Crippen molar-refractivity contribution in [2.45, 2.75) is 25.2 Å². The normalized spacial score (nSPS) is 24.0. The molecule has 2 unspecified atom stereocenters. The van der Waals surface area contributed by atoms with E-state index in [0.717, 1.165) is 6.42 Å². The molecule has 0 amide bonds. The monoisotopic (exact) mass is 423 g/mol. The molecule has 2 atom stereocenters. The number of hydrogen-bond acceptors (Lipinski definition) is 3. The molecule has 1 aromatic carbocycles. The maximum Gasteiger partial charge on any atom is 0.336 e. The van der Waals surface area contributed by atoms with Crippen molar-refractivity contribution in [2.75, 3.05) is 13.1 Å². The van der Waals surface area contributed by atoms with E-state index in [2.05, 4.69) is 6.92 Å². The predicted molar refractivity (Wildman–Crippen MR) is 87.8 cm³/mol. The summed E-state index contributed by atoms with van der Waals surface area (Å²) >= 11 is 1.89. The lowest BCUT2D eigenvalue weighted by atomic mass is 9.90. The molecule has 1 aliphatic rings. The van der Waals surface area contributed by atoms with Gasteiger partial charge in [0.2, 0.25) is 10.0 Å². The highest BCUT2D eigenvalue weighted by molar-refractivity contribution is 14.1. The van der Waals surface area contributed by atoms with Crippen LogP contribution in [0.25, 0.3) is 0 Å². The maximum absolute atomic E-state index is 12.7. The first kappa shape index (κ1) is 16.7. The first-order chi connectivity index (χ1) is 9.73. The third kappa shape index (κ3) is 3.40. The lowest BCUT2D eigenvalue weighted by molar-refractivity contribution is 0.0695. The fraction of sp³-hybridized carbons (Fsp3) is 0.500. The molecule has 1 heterocycles. The fourth-order valence-corrected chi connectivity index (χ4v) is 4.57. The van der Waals surface area contributed by atoms with E-state index < -0.39 is 16.0 Å². The Kier molecular flexibility index (Phi) is 4.94. The van der Waals surface area contributed by atoms with E-state index in [1.54, 1.807) is 0 Å². The molecule has 7 heteroatoms. The van der Waals surface area contributed by atoms with E-state index >= 15 is 0 Å². The van der Waals surface area contributed by atoms with Crippen molar-refractivity contribution >= 4 is 38.6 Å². The van der Waals surface area contributed by atoms with Gasteiger partial charge in [-0.2, -0.15) is 4.31 Å². The van der Waals surface area contributed by atoms with Crippen molar-refractivity contribution < 1.29 is 18.3 Å². The molecule has 0 bridgehead atoms. The molecule has 1 aliphatic heterocycles. The largest absolute Gasteiger partial charge is 0.478 e. The summed E-state index contributed by atoms with van der Waals surface area (Å²) in [6.45, 7) is 5.14. The second kappa shape index (κ2) is 6.21. The Balaban J connectivity index is 2.36. The molecular formula is C14H18INO4S. The van der Waals surface area contributed by atoms with Gasteiger partial charge in [-0.1, -0.05) is 13.8 Å². The molecule has 1 N–H and O–H groups in total. The number of aromatic carboxylic acids is 1. The second-order valence-electron chi connectivity index (χ2n) is 5.55. The van der Waals surface area contributed by atoms with Crippen LogP contribution >= 0.6 is 22.6 Å². The highest BCUT2D eigenvalue weighted by atomic mass is 127. The van der Waals surface area contributed by atoms with Crippen molar-refractivity contribution in [3.8, 4) is 0 Å². The lowest BCUT2D eigenvalue weighted by Gasteiger charge is -2.34. The van der Waals surface area contributed by atoms with Gasteiger partial charge in [0, 0.05) is 16.7 Å². The zero-order chi connectivity index (χ0) is 15.8. The Bertz CT molecular complexity index is 659. The molecule has 0 saturated carbocycles. The number of benzene rings is 1. The summed E-state index contributed by atoms with van der Waals surface area (Å²) in [5, 5.41) is 9.13. The van der Waals surface area contributed by atoms with Gasteiger partial charge in [0.1, 0.15) is 0 Å². The summed E-state index contributed by atoms with van der Waals surface area (Å²) in [5.74, 6) is -0.309. The molecule has 0 aliphatic carbocycles. The number of hydrogen-bond donors (Lipinski definition) is 1. The van der Waals surface area contributed by atoms with Crippen LogP contribution in [0.5, 0.6) is 0 Å². The third-order valence-electron chi connectivity index (χ3n) is 4.10. The average molecular weight is 423 g/mol. The smallest absolute Gasteiger partial charge is 0.336 e. The van der Waals surface area contributed by atoms with Gasteiger partial charge >= 0.3 is 5.97 Å². The number of carboxylic acids is 1. The number of carbonyl (C=O) groups is 1. The summed E-state index contributed by atoms with van der Waals surface area (Å²) in [6, 6.07) is 4.27. The van der Waals surface area contributed by atoms with Gasteiger partial charge in [0.15, 0.2) is 0 Å². The number of nitrogens with zero attached hydrogens (tertiary/aromatic N) is 1. The van der Waals surface area contributed by atoms with Gasteiger partial charge in [-0.15, -0.1) is 0 Å². The van der Waals surface area contributed by atoms with Crippen LogP contribution in [-0.2, 0) is 10.0 Å². The van der Waals surface area contributed by atoms with Gasteiger partial charge in [-0.3, -0.25) is 0 Å². The van der Waals surface area contributed by atoms with Crippen LogP contribution in [0.3, 0.4) is 0 Å². The molecular weight excluding hydrogens is 405 g/mol. The van der Waals surface area contributed by atoms with Gasteiger partial charge in [-0.05, 0) is 59.0 Å². The zero-order valence-electron chi connectivity index (χ0n) is 11.9. The average Bonchev–Trinajstić information content (AvgIpc) is 2.41. The molecule has 1 fully saturated rings. The van der Waals surface area contributed by atoms with Crippen LogP contribution in [0.2, 0.25) is 0 Å². The third-order valence-corrected chi connectivity index (χ3v) is 6.90. The van der Waals surface area contributed by atoms with E-state index in [9.17, 15) is 13.2 Å². The van der Waals surface area contributed by atoms with E-state index in [0.29, 0.717) is 28.5 Å². The highest BCUT2D eigenvalue weighted by Gasteiger charge is 2.32. The van der Waals surface area contributed by atoms with E-state index in [4.69, 9.17) is 5.11 Å². The quantitative estimate of drug-likeness (QED) is 0.759. The van der Waals surface area contributed by atoms with Gasteiger partial charge < -0.3 is 5.11 Å². The van der Waals surface area contributed by atoms with E-state index in [1.165, 1.54) is 22.5 Å². The van der Waals surface area contributed by atoms with Crippen LogP contribution in [0, 0.1) is 15.4 Å².